The van der Waals surface area contributed by atoms with Crippen LogP contribution in [0.1, 0.15) is 50.0 Å². The first-order valence-electron chi connectivity index (χ1n) is 11.3. The van der Waals surface area contributed by atoms with Crippen LogP contribution in [0.4, 0.5) is 0 Å². The molecule has 0 bridgehead atoms. The molecule has 0 spiro atoms. The number of carbonyl (C=O) groups is 3. The zero-order valence-electron chi connectivity index (χ0n) is 20.6. The summed E-state index contributed by atoms with van der Waals surface area (Å²) in [5, 5.41) is 2.89. The van der Waals surface area contributed by atoms with E-state index < -0.39 is 40.0 Å². The first-order valence-corrected chi connectivity index (χ1v) is 12.7. The molecule has 1 heterocycles. The molecule has 1 aliphatic heterocycles. The molecule has 2 aromatic rings. The number of fused-ring (bicyclic) bond motifs is 1. The van der Waals surface area contributed by atoms with E-state index in [-0.39, 0.29) is 22.9 Å². The van der Waals surface area contributed by atoms with Crippen molar-refractivity contribution >= 4 is 27.7 Å². The molecule has 1 atom stereocenters. The quantitative estimate of drug-likeness (QED) is 0.595. The lowest BCUT2D eigenvalue weighted by Gasteiger charge is -2.33. The Kier molecular flexibility index (Phi) is 7.54. The predicted octanol–water partition coefficient (Wildman–Crippen LogP) is 2.56. The molecule has 2 aromatic carbocycles. The van der Waals surface area contributed by atoms with E-state index in [4.69, 9.17) is 4.74 Å². The van der Waals surface area contributed by atoms with Gasteiger partial charge in [0, 0.05) is 12.1 Å². The van der Waals surface area contributed by atoms with Crippen LogP contribution in [0, 0.1) is 0 Å². The number of ether oxygens (including phenoxy) is 1. The lowest BCUT2D eigenvalue weighted by molar-refractivity contribution is -0.141. The number of benzene rings is 2. The van der Waals surface area contributed by atoms with Crippen molar-refractivity contribution in [2.45, 2.75) is 57.1 Å². The Morgan fingerprint density at radius 2 is 1.71 bits per heavy atom. The average Bonchev–Trinajstić information content (AvgIpc) is 2.99. The van der Waals surface area contributed by atoms with E-state index >= 15 is 0 Å². The summed E-state index contributed by atoms with van der Waals surface area (Å²) in [4.78, 5) is 40.7. The number of nitrogens with zero attached hydrogens (tertiary/aromatic N) is 2. The minimum absolute atomic E-state index is 0.0273. The molecule has 0 saturated heterocycles. The summed E-state index contributed by atoms with van der Waals surface area (Å²) < 4.78 is 31.7. The predicted molar refractivity (Wildman–Crippen MR) is 130 cm³/mol. The lowest BCUT2D eigenvalue weighted by atomic mass is 10.1. The topological polar surface area (TPSA) is 113 Å². The van der Waals surface area contributed by atoms with Gasteiger partial charge in [-0.1, -0.05) is 31.2 Å². The summed E-state index contributed by atoms with van der Waals surface area (Å²) in [5.74, 6) is -1.14. The van der Waals surface area contributed by atoms with E-state index in [0.29, 0.717) is 16.5 Å². The Labute approximate surface area is 206 Å². The summed E-state index contributed by atoms with van der Waals surface area (Å²) in [6, 6.07) is 12.0. The highest BCUT2D eigenvalue weighted by atomic mass is 32.2. The fourth-order valence-electron chi connectivity index (χ4n) is 3.90. The van der Waals surface area contributed by atoms with Crippen molar-refractivity contribution in [2.75, 3.05) is 13.7 Å². The number of rotatable bonds is 8. The minimum atomic E-state index is -4.17. The van der Waals surface area contributed by atoms with Crippen molar-refractivity contribution in [3.63, 3.8) is 0 Å². The SMILES string of the molecule is CCC(C(=O)NC(C)(C)C)N(Cc1ccc(OC)cc1)C(=O)CN1C(=O)c2ccccc2S1(=O)=O. The fraction of sp³-hybridized carbons (Fsp3) is 0.400. The van der Waals surface area contributed by atoms with Crippen LogP contribution in [0.15, 0.2) is 53.4 Å². The van der Waals surface area contributed by atoms with Crippen molar-refractivity contribution in [3.05, 3.63) is 59.7 Å². The van der Waals surface area contributed by atoms with Crippen molar-refractivity contribution in [3.8, 4) is 5.75 Å². The van der Waals surface area contributed by atoms with Gasteiger partial charge in [-0.3, -0.25) is 14.4 Å². The number of hydrogen-bond donors (Lipinski definition) is 1. The zero-order valence-corrected chi connectivity index (χ0v) is 21.4. The molecular weight excluding hydrogens is 470 g/mol. The first kappa shape index (κ1) is 26.2. The minimum Gasteiger partial charge on any atom is -0.497 e. The molecule has 3 rings (SSSR count). The molecule has 188 valence electrons. The van der Waals surface area contributed by atoms with Crippen LogP contribution >= 0.6 is 0 Å². The second-order valence-corrected chi connectivity index (χ2v) is 11.2. The molecule has 1 aliphatic rings. The van der Waals surface area contributed by atoms with Crippen LogP contribution in [0.3, 0.4) is 0 Å². The van der Waals surface area contributed by atoms with Crippen molar-refractivity contribution in [2.24, 2.45) is 0 Å². The first-order chi connectivity index (χ1) is 16.4. The second-order valence-electron chi connectivity index (χ2n) is 9.35. The van der Waals surface area contributed by atoms with Gasteiger partial charge in [-0.05, 0) is 57.0 Å². The Morgan fingerprint density at radius 3 is 2.26 bits per heavy atom. The average molecular weight is 502 g/mol. The van der Waals surface area contributed by atoms with Crippen LogP contribution in [0.25, 0.3) is 0 Å². The van der Waals surface area contributed by atoms with Crippen molar-refractivity contribution < 1.29 is 27.5 Å². The van der Waals surface area contributed by atoms with Crippen LogP contribution in [0.2, 0.25) is 0 Å². The molecule has 1 N–H and O–H groups in total. The molecule has 9 nitrogen and oxygen atoms in total. The van der Waals surface area contributed by atoms with Gasteiger partial charge in [0.05, 0.1) is 12.7 Å². The Bertz CT molecular complexity index is 1220. The van der Waals surface area contributed by atoms with Crippen LogP contribution in [-0.2, 0) is 26.2 Å². The van der Waals surface area contributed by atoms with Gasteiger partial charge in [0.25, 0.3) is 15.9 Å². The van der Waals surface area contributed by atoms with Gasteiger partial charge in [0.2, 0.25) is 11.8 Å². The third-order valence-electron chi connectivity index (χ3n) is 5.59. The highest BCUT2D eigenvalue weighted by molar-refractivity contribution is 7.90. The van der Waals surface area contributed by atoms with Gasteiger partial charge in [-0.25, -0.2) is 12.7 Å². The molecular formula is C25H31N3O6S. The summed E-state index contributed by atoms with van der Waals surface area (Å²) in [6.45, 7) is 6.62. The van der Waals surface area contributed by atoms with E-state index in [2.05, 4.69) is 5.32 Å². The second kappa shape index (κ2) is 10.1. The number of sulfonamides is 1. The summed E-state index contributed by atoms with van der Waals surface area (Å²) >= 11 is 0. The maximum atomic E-state index is 13.5. The maximum Gasteiger partial charge on any atom is 0.269 e. The van der Waals surface area contributed by atoms with Gasteiger partial charge < -0.3 is 15.0 Å². The highest BCUT2D eigenvalue weighted by Gasteiger charge is 2.43. The van der Waals surface area contributed by atoms with Crippen molar-refractivity contribution in [1.82, 2.24) is 14.5 Å². The van der Waals surface area contributed by atoms with Crippen LogP contribution in [-0.4, -0.2) is 60.6 Å². The summed E-state index contributed by atoms with van der Waals surface area (Å²) in [6.07, 6.45) is 0.296. The van der Waals surface area contributed by atoms with Crippen LogP contribution < -0.4 is 10.1 Å². The molecule has 0 aromatic heterocycles. The van der Waals surface area contributed by atoms with Gasteiger partial charge in [-0.2, -0.15) is 0 Å². The van der Waals surface area contributed by atoms with E-state index in [9.17, 15) is 22.8 Å². The number of nitrogens with one attached hydrogen (secondary N) is 1. The monoisotopic (exact) mass is 501 g/mol. The van der Waals surface area contributed by atoms with Crippen molar-refractivity contribution in [1.29, 1.82) is 0 Å². The van der Waals surface area contributed by atoms with Gasteiger partial charge >= 0.3 is 0 Å². The normalized spacial score (nSPS) is 15.3. The summed E-state index contributed by atoms with van der Waals surface area (Å²) in [7, 11) is -2.63. The molecule has 0 saturated carbocycles. The smallest absolute Gasteiger partial charge is 0.269 e. The zero-order chi connectivity index (χ0) is 26.0. The molecule has 1 unspecified atom stereocenters. The fourth-order valence-corrected chi connectivity index (χ4v) is 5.42. The standard InChI is InChI=1S/C25H31N3O6S/c1-6-20(23(30)26-25(2,3)4)27(15-17-11-13-18(34-5)14-12-17)22(29)16-28-24(31)19-9-7-8-10-21(19)35(28,32)33/h7-14,20H,6,15-16H2,1-5H3,(H,26,30). The number of carbonyl (C=O) groups excluding carboxylic acids is 3. The molecule has 0 aliphatic carbocycles. The number of amides is 3. The van der Waals surface area contributed by atoms with E-state index in [1.54, 1.807) is 44.4 Å². The molecule has 0 radical (unpaired) electrons. The number of hydrogen-bond acceptors (Lipinski definition) is 6. The maximum absolute atomic E-state index is 13.5. The Balaban J connectivity index is 1.93. The number of methoxy groups -OCH3 is 1. The molecule has 0 fully saturated rings. The third kappa shape index (κ3) is 5.64. The van der Waals surface area contributed by atoms with Crippen LogP contribution in [0.5, 0.6) is 5.75 Å². The lowest BCUT2D eigenvalue weighted by Crippen LogP contribution is -2.55. The van der Waals surface area contributed by atoms with E-state index in [0.717, 1.165) is 5.56 Å². The summed E-state index contributed by atoms with van der Waals surface area (Å²) in [5.41, 5.74) is 0.217. The highest BCUT2D eigenvalue weighted by Crippen LogP contribution is 2.30. The molecule has 3 amide bonds. The largest absolute Gasteiger partial charge is 0.497 e. The Morgan fingerprint density at radius 1 is 1.09 bits per heavy atom. The van der Waals surface area contributed by atoms with E-state index in [1.807, 2.05) is 20.8 Å². The van der Waals surface area contributed by atoms with Gasteiger partial charge in [0.15, 0.2) is 0 Å². The molecule has 10 heteroatoms. The van der Waals surface area contributed by atoms with Gasteiger partial charge in [0.1, 0.15) is 23.2 Å². The van der Waals surface area contributed by atoms with E-state index in [1.165, 1.54) is 23.1 Å². The third-order valence-corrected chi connectivity index (χ3v) is 7.37. The van der Waals surface area contributed by atoms with Gasteiger partial charge in [-0.15, -0.1) is 0 Å². The molecule has 35 heavy (non-hydrogen) atoms. The Hall–Kier alpha value is -3.40.